The monoisotopic (exact) mass is 689 g/mol. The van der Waals surface area contributed by atoms with E-state index in [0.29, 0.717) is 42.6 Å². The first kappa shape index (κ1) is 45.1. The molecule has 0 heterocycles. The Morgan fingerprint density at radius 3 is 1.06 bits per heavy atom. The molecule has 1 rings (SSSR count). The highest BCUT2D eigenvalue weighted by molar-refractivity contribution is 5.94. The number of hydrogen-bond acceptors (Lipinski definition) is 5. The minimum absolute atomic E-state index is 0.400. The van der Waals surface area contributed by atoms with Crippen molar-refractivity contribution in [1.29, 1.82) is 0 Å². The molecule has 0 N–H and O–H groups in total. The standard InChI is InChI=1S/C44H80O5/c1-5-8-11-14-17-20-23-26-29-32-37-47-41-36-35-40(44(45)46-4)42(48-38-33-30-27-24-21-18-15-12-9-6-2)43(41)49-39-34-31-28-25-22-19-16-13-10-7-3/h35-36H,5-34,37-39H2,1-4H3. The predicted molar refractivity (Wildman–Crippen MR) is 210 cm³/mol. The fourth-order valence-electron chi connectivity index (χ4n) is 6.51. The fraction of sp³-hybridized carbons (Fsp3) is 0.841. The molecule has 0 radical (unpaired) electrons. The molecule has 0 fully saturated rings. The number of hydrogen-bond donors (Lipinski definition) is 0. The first-order valence-corrected chi connectivity index (χ1v) is 21.3. The SMILES string of the molecule is CCCCCCCCCCCCOc1ccc(C(=O)OC)c(OCCCCCCCCCCCC)c1OCCCCCCCCCCCC. The second-order valence-electron chi connectivity index (χ2n) is 14.4. The van der Waals surface area contributed by atoms with Gasteiger partial charge in [-0.15, -0.1) is 0 Å². The lowest BCUT2D eigenvalue weighted by Gasteiger charge is -2.19. The number of carbonyl (C=O) groups excluding carboxylic acids is 1. The van der Waals surface area contributed by atoms with Crippen molar-refractivity contribution in [3.63, 3.8) is 0 Å². The van der Waals surface area contributed by atoms with E-state index in [1.54, 1.807) is 6.07 Å². The Morgan fingerprint density at radius 1 is 0.408 bits per heavy atom. The van der Waals surface area contributed by atoms with Gasteiger partial charge in [0.1, 0.15) is 5.56 Å². The van der Waals surface area contributed by atoms with Crippen molar-refractivity contribution < 1.29 is 23.7 Å². The maximum Gasteiger partial charge on any atom is 0.341 e. The molecule has 0 saturated carbocycles. The Labute approximate surface area is 304 Å². The van der Waals surface area contributed by atoms with Gasteiger partial charge in [0.15, 0.2) is 11.5 Å². The Hall–Kier alpha value is -1.91. The molecule has 0 aliphatic carbocycles. The topological polar surface area (TPSA) is 54.0 Å². The molecule has 0 aliphatic rings. The summed E-state index contributed by atoms with van der Waals surface area (Å²) in [6.07, 6.45) is 38.4. The number of carbonyl (C=O) groups is 1. The average Bonchev–Trinajstić information content (AvgIpc) is 3.12. The van der Waals surface area contributed by atoms with Crippen LogP contribution in [0, 0.1) is 0 Å². The normalized spacial score (nSPS) is 11.2. The van der Waals surface area contributed by atoms with Gasteiger partial charge in [-0.05, 0) is 31.4 Å². The second kappa shape index (κ2) is 34.5. The minimum atomic E-state index is -0.400. The lowest BCUT2D eigenvalue weighted by molar-refractivity contribution is 0.0594. The zero-order chi connectivity index (χ0) is 35.5. The first-order valence-electron chi connectivity index (χ1n) is 21.3. The Balaban J connectivity index is 2.68. The van der Waals surface area contributed by atoms with Crippen LogP contribution in [0.3, 0.4) is 0 Å². The van der Waals surface area contributed by atoms with Gasteiger partial charge < -0.3 is 18.9 Å². The van der Waals surface area contributed by atoms with Gasteiger partial charge in [0, 0.05) is 0 Å². The van der Waals surface area contributed by atoms with E-state index < -0.39 is 5.97 Å². The van der Waals surface area contributed by atoms with Gasteiger partial charge in [-0.25, -0.2) is 4.79 Å². The quantitative estimate of drug-likeness (QED) is 0.0514. The molecule has 5 heteroatoms. The van der Waals surface area contributed by atoms with E-state index in [-0.39, 0.29) is 0 Å². The van der Waals surface area contributed by atoms with Crippen LogP contribution in [0.25, 0.3) is 0 Å². The molecule has 0 aromatic heterocycles. The summed E-state index contributed by atoms with van der Waals surface area (Å²) >= 11 is 0. The molecule has 0 saturated heterocycles. The molecule has 0 spiro atoms. The maximum atomic E-state index is 12.8. The van der Waals surface area contributed by atoms with E-state index in [1.165, 1.54) is 168 Å². The average molecular weight is 689 g/mol. The first-order chi connectivity index (χ1) is 24.2. The summed E-state index contributed by atoms with van der Waals surface area (Å²) in [4.78, 5) is 12.8. The third kappa shape index (κ3) is 24.8. The molecule has 0 atom stereocenters. The fourth-order valence-corrected chi connectivity index (χ4v) is 6.51. The second-order valence-corrected chi connectivity index (χ2v) is 14.4. The molecule has 49 heavy (non-hydrogen) atoms. The molecule has 5 nitrogen and oxygen atoms in total. The van der Waals surface area contributed by atoms with Crippen LogP contribution in [0.1, 0.15) is 224 Å². The molecule has 1 aromatic carbocycles. The van der Waals surface area contributed by atoms with Crippen molar-refractivity contribution in [2.24, 2.45) is 0 Å². The van der Waals surface area contributed by atoms with Gasteiger partial charge in [0.2, 0.25) is 5.75 Å². The van der Waals surface area contributed by atoms with Crippen molar-refractivity contribution in [3.8, 4) is 17.2 Å². The van der Waals surface area contributed by atoms with Crippen LogP contribution in [0.15, 0.2) is 12.1 Å². The van der Waals surface area contributed by atoms with Crippen molar-refractivity contribution >= 4 is 5.97 Å². The third-order valence-corrected chi connectivity index (χ3v) is 9.73. The van der Waals surface area contributed by atoms with Crippen molar-refractivity contribution in [3.05, 3.63) is 17.7 Å². The molecular weight excluding hydrogens is 608 g/mol. The summed E-state index contributed by atoms with van der Waals surface area (Å²) in [5.41, 5.74) is 0.416. The molecule has 0 amide bonds. The summed E-state index contributed by atoms with van der Waals surface area (Å²) < 4.78 is 24.2. The number of esters is 1. The van der Waals surface area contributed by atoms with Crippen LogP contribution in [-0.2, 0) is 4.74 Å². The largest absolute Gasteiger partial charge is 0.490 e. The smallest absolute Gasteiger partial charge is 0.341 e. The molecule has 1 aromatic rings. The van der Waals surface area contributed by atoms with Crippen LogP contribution in [0.2, 0.25) is 0 Å². The lowest BCUT2D eigenvalue weighted by Crippen LogP contribution is -2.11. The number of rotatable bonds is 37. The Kier molecular flexibility index (Phi) is 31.8. The lowest BCUT2D eigenvalue weighted by atomic mass is 10.1. The van der Waals surface area contributed by atoms with E-state index in [0.717, 1.165) is 32.1 Å². The van der Waals surface area contributed by atoms with Crippen LogP contribution in [0.4, 0.5) is 0 Å². The zero-order valence-corrected chi connectivity index (χ0v) is 33.0. The highest BCUT2D eigenvalue weighted by Gasteiger charge is 2.23. The van der Waals surface area contributed by atoms with Crippen molar-refractivity contribution in [2.75, 3.05) is 26.9 Å². The highest BCUT2D eigenvalue weighted by Crippen LogP contribution is 2.41. The van der Waals surface area contributed by atoms with Crippen LogP contribution in [0.5, 0.6) is 17.2 Å². The van der Waals surface area contributed by atoms with E-state index in [1.807, 2.05) is 6.07 Å². The molecule has 286 valence electrons. The number of ether oxygens (including phenoxy) is 4. The summed E-state index contributed by atoms with van der Waals surface area (Å²) in [5, 5.41) is 0. The van der Waals surface area contributed by atoms with E-state index in [9.17, 15) is 4.79 Å². The molecule has 0 bridgehead atoms. The summed E-state index contributed by atoms with van der Waals surface area (Å²) in [6.45, 7) is 8.60. The van der Waals surface area contributed by atoms with E-state index in [2.05, 4.69) is 20.8 Å². The van der Waals surface area contributed by atoms with Crippen LogP contribution >= 0.6 is 0 Å². The Morgan fingerprint density at radius 2 is 0.714 bits per heavy atom. The number of unbranched alkanes of at least 4 members (excludes halogenated alkanes) is 27. The predicted octanol–water partition coefficient (Wildman–Crippen LogP) is 14.4. The van der Waals surface area contributed by atoms with E-state index >= 15 is 0 Å². The van der Waals surface area contributed by atoms with Crippen molar-refractivity contribution in [2.45, 2.75) is 213 Å². The van der Waals surface area contributed by atoms with Gasteiger partial charge in [-0.2, -0.15) is 0 Å². The summed E-state index contributed by atoms with van der Waals surface area (Å²) in [7, 11) is 1.42. The minimum Gasteiger partial charge on any atom is -0.490 e. The van der Waals surface area contributed by atoms with Crippen molar-refractivity contribution in [1.82, 2.24) is 0 Å². The Bertz CT molecular complexity index is 869. The molecule has 0 aliphatic heterocycles. The van der Waals surface area contributed by atoms with Crippen LogP contribution < -0.4 is 14.2 Å². The highest BCUT2D eigenvalue weighted by atomic mass is 16.5. The summed E-state index contributed by atoms with van der Waals surface area (Å²) in [5.74, 6) is 1.32. The van der Waals surface area contributed by atoms with Gasteiger partial charge in [0.05, 0.1) is 26.9 Å². The van der Waals surface area contributed by atoms with E-state index in [4.69, 9.17) is 18.9 Å². The van der Waals surface area contributed by atoms with Gasteiger partial charge in [-0.3, -0.25) is 0 Å². The van der Waals surface area contributed by atoms with Gasteiger partial charge >= 0.3 is 5.97 Å². The zero-order valence-electron chi connectivity index (χ0n) is 33.0. The molecule has 0 unspecified atom stereocenters. The molecular formula is C44H80O5. The third-order valence-electron chi connectivity index (χ3n) is 9.73. The summed E-state index contributed by atoms with van der Waals surface area (Å²) in [6, 6.07) is 3.64. The maximum absolute atomic E-state index is 12.8. The van der Waals surface area contributed by atoms with Gasteiger partial charge in [0.25, 0.3) is 0 Å². The van der Waals surface area contributed by atoms with Gasteiger partial charge in [-0.1, -0.05) is 194 Å². The number of benzene rings is 1. The number of methoxy groups -OCH3 is 1. The van der Waals surface area contributed by atoms with Crippen LogP contribution in [-0.4, -0.2) is 32.9 Å².